The minimum atomic E-state index is 0.619. The third kappa shape index (κ3) is 4.11. The Hall–Kier alpha value is -2.67. The Morgan fingerprint density at radius 3 is 2.42 bits per heavy atom. The number of benzene rings is 2. The van der Waals surface area contributed by atoms with Gasteiger partial charge in [0.2, 0.25) is 5.16 Å². The average molecular weight is 370 g/mol. The van der Waals surface area contributed by atoms with E-state index in [0.717, 1.165) is 22.6 Å². The molecule has 6 nitrogen and oxygen atoms in total. The smallest absolute Gasteiger partial charge is 0.210 e. The van der Waals surface area contributed by atoms with E-state index in [1.54, 1.807) is 0 Å². The first-order chi connectivity index (χ1) is 12.7. The van der Waals surface area contributed by atoms with Gasteiger partial charge in [0.05, 0.1) is 13.2 Å². The first-order valence-electron chi connectivity index (χ1n) is 8.50. The van der Waals surface area contributed by atoms with E-state index in [1.165, 1.54) is 16.4 Å². The zero-order valence-corrected chi connectivity index (χ0v) is 15.7. The number of ether oxygens (including phenoxy) is 2. The van der Waals surface area contributed by atoms with Crippen LogP contribution in [0.15, 0.2) is 53.7 Å². The number of nitrogens with zero attached hydrogens (tertiary/aromatic N) is 3. The Morgan fingerprint density at radius 2 is 1.69 bits per heavy atom. The zero-order chi connectivity index (χ0) is 18.4. The fraction of sp³-hybridized carbons (Fsp3) is 0.263. The molecule has 0 bridgehead atoms. The lowest BCUT2D eigenvalue weighted by Gasteiger charge is -2.09. The third-order valence-electron chi connectivity index (χ3n) is 3.72. The molecule has 1 heterocycles. The molecule has 136 valence electrons. The SMILES string of the molecule is CCOc1ccc(-c2nnc(SCc3ccccc3OCC)n2N)cc1. The summed E-state index contributed by atoms with van der Waals surface area (Å²) in [6.07, 6.45) is 0. The van der Waals surface area contributed by atoms with Gasteiger partial charge in [-0.2, -0.15) is 0 Å². The van der Waals surface area contributed by atoms with Gasteiger partial charge in [0.25, 0.3) is 0 Å². The van der Waals surface area contributed by atoms with Crippen molar-refractivity contribution in [2.75, 3.05) is 19.1 Å². The number of para-hydroxylation sites is 1. The molecular formula is C19H22N4O2S. The summed E-state index contributed by atoms with van der Waals surface area (Å²) in [5, 5.41) is 9.10. The van der Waals surface area contributed by atoms with Gasteiger partial charge >= 0.3 is 0 Å². The van der Waals surface area contributed by atoms with Crippen LogP contribution in [0.1, 0.15) is 19.4 Å². The average Bonchev–Trinajstić information content (AvgIpc) is 3.03. The van der Waals surface area contributed by atoms with Crippen LogP contribution in [0.3, 0.4) is 0 Å². The van der Waals surface area contributed by atoms with Gasteiger partial charge in [-0.1, -0.05) is 30.0 Å². The maximum atomic E-state index is 6.20. The number of hydrogen-bond donors (Lipinski definition) is 1. The molecule has 0 aliphatic heterocycles. The van der Waals surface area contributed by atoms with Crippen LogP contribution in [0.25, 0.3) is 11.4 Å². The molecule has 7 heteroatoms. The van der Waals surface area contributed by atoms with Crippen molar-refractivity contribution in [2.24, 2.45) is 0 Å². The fourth-order valence-electron chi connectivity index (χ4n) is 2.50. The normalized spacial score (nSPS) is 10.7. The van der Waals surface area contributed by atoms with Crippen LogP contribution < -0.4 is 15.3 Å². The zero-order valence-electron chi connectivity index (χ0n) is 14.9. The van der Waals surface area contributed by atoms with Gasteiger partial charge < -0.3 is 15.3 Å². The highest BCUT2D eigenvalue weighted by atomic mass is 32.2. The largest absolute Gasteiger partial charge is 0.494 e. The Bertz CT molecular complexity index is 849. The first kappa shape index (κ1) is 18.1. The van der Waals surface area contributed by atoms with Crippen molar-refractivity contribution in [3.05, 3.63) is 54.1 Å². The van der Waals surface area contributed by atoms with Crippen molar-refractivity contribution >= 4 is 11.8 Å². The second-order valence-electron chi connectivity index (χ2n) is 5.46. The summed E-state index contributed by atoms with van der Waals surface area (Å²) in [7, 11) is 0. The van der Waals surface area contributed by atoms with Crippen molar-refractivity contribution in [3.8, 4) is 22.9 Å². The van der Waals surface area contributed by atoms with E-state index in [2.05, 4.69) is 10.2 Å². The molecule has 3 aromatic rings. The van der Waals surface area contributed by atoms with E-state index >= 15 is 0 Å². The summed E-state index contributed by atoms with van der Waals surface area (Å²) in [5.41, 5.74) is 2.00. The molecule has 0 spiro atoms. The highest BCUT2D eigenvalue weighted by molar-refractivity contribution is 7.98. The summed E-state index contributed by atoms with van der Waals surface area (Å²) in [6, 6.07) is 15.6. The number of hydrogen-bond acceptors (Lipinski definition) is 6. The van der Waals surface area contributed by atoms with Gasteiger partial charge in [-0.15, -0.1) is 10.2 Å². The lowest BCUT2D eigenvalue weighted by Crippen LogP contribution is -2.11. The molecule has 0 radical (unpaired) electrons. The molecule has 0 aliphatic rings. The molecule has 0 amide bonds. The maximum Gasteiger partial charge on any atom is 0.210 e. The molecule has 0 fully saturated rings. The molecule has 1 aromatic heterocycles. The van der Waals surface area contributed by atoms with E-state index in [-0.39, 0.29) is 0 Å². The molecule has 3 rings (SSSR count). The summed E-state index contributed by atoms with van der Waals surface area (Å²) in [6.45, 7) is 5.20. The number of rotatable bonds is 8. The van der Waals surface area contributed by atoms with Gasteiger partial charge in [0, 0.05) is 16.9 Å². The van der Waals surface area contributed by atoms with E-state index in [0.29, 0.717) is 29.9 Å². The van der Waals surface area contributed by atoms with Gasteiger partial charge in [-0.05, 0) is 44.2 Å². The molecule has 0 unspecified atom stereocenters. The Labute approximate surface area is 157 Å². The maximum absolute atomic E-state index is 6.20. The van der Waals surface area contributed by atoms with Gasteiger partial charge in [-0.25, -0.2) is 4.68 Å². The number of nitrogens with two attached hydrogens (primary N) is 1. The topological polar surface area (TPSA) is 75.2 Å². The number of nitrogen functional groups attached to an aromatic ring is 1. The van der Waals surface area contributed by atoms with Crippen LogP contribution in [0.5, 0.6) is 11.5 Å². The second-order valence-corrected chi connectivity index (χ2v) is 6.41. The fourth-order valence-corrected chi connectivity index (χ4v) is 3.35. The summed E-state index contributed by atoms with van der Waals surface area (Å²) in [5.74, 6) is 9.23. The summed E-state index contributed by atoms with van der Waals surface area (Å²) < 4.78 is 12.6. The van der Waals surface area contributed by atoms with Crippen LogP contribution >= 0.6 is 11.8 Å². The van der Waals surface area contributed by atoms with Crippen molar-refractivity contribution in [3.63, 3.8) is 0 Å². The molecule has 0 saturated carbocycles. The molecule has 0 atom stereocenters. The second kappa shape index (κ2) is 8.62. The lowest BCUT2D eigenvalue weighted by molar-refractivity contribution is 0.337. The highest BCUT2D eigenvalue weighted by Gasteiger charge is 2.13. The predicted octanol–water partition coefficient (Wildman–Crippen LogP) is 3.75. The van der Waals surface area contributed by atoms with Crippen molar-refractivity contribution in [1.29, 1.82) is 0 Å². The quantitative estimate of drug-likeness (QED) is 0.481. The number of aromatic nitrogens is 3. The molecule has 26 heavy (non-hydrogen) atoms. The molecule has 2 N–H and O–H groups in total. The van der Waals surface area contributed by atoms with Gasteiger partial charge in [0.1, 0.15) is 11.5 Å². The van der Waals surface area contributed by atoms with Gasteiger partial charge in [0.15, 0.2) is 5.82 Å². The first-order valence-corrected chi connectivity index (χ1v) is 9.48. The standard InChI is InChI=1S/C19H22N4O2S/c1-3-24-16-11-9-14(10-12-16)18-21-22-19(23(18)20)26-13-15-7-5-6-8-17(15)25-4-2/h5-12H,3-4,13,20H2,1-2H3. The van der Waals surface area contributed by atoms with E-state index in [1.807, 2.05) is 62.4 Å². The van der Waals surface area contributed by atoms with Crippen LogP contribution in [-0.4, -0.2) is 28.1 Å². The monoisotopic (exact) mass is 370 g/mol. The van der Waals surface area contributed by atoms with Gasteiger partial charge in [-0.3, -0.25) is 0 Å². The van der Waals surface area contributed by atoms with E-state index in [9.17, 15) is 0 Å². The molecule has 0 aliphatic carbocycles. The van der Waals surface area contributed by atoms with E-state index in [4.69, 9.17) is 15.3 Å². The minimum Gasteiger partial charge on any atom is -0.494 e. The van der Waals surface area contributed by atoms with E-state index < -0.39 is 0 Å². The lowest BCUT2D eigenvalue weighted by atomic mass is 10.2. The van der Waals surface area contributed by atoms with Crippen LogP contribution in [0, 0.1) is 0 Å². The Balaban J connectivity index is 1.73. The summed E-state index contributed by atoms with van der Waals surface area (Å²) in [4.78, 5) is 0. The Morgan fingerprint density at radius 1 is 0.962 bits per heavy atom. The van der Waals surface area contributed by atoms with Crippen molar-refractivity contribution in [1.82, 2.24) is 14.9 Å². The molecular weight excluding hydrogens is 348 g/mol. The third-order valence-corrected chi connectivity index (χ3v) is 4.71. The predicted molar refractivity (Wildman–Crippen MR) is 104 cm³/mol. The van der Waals surface area contributed by atoms with Crippen molar-refractivity contribution in [2.45, 2.75) is 24.8 Å². The highest BCUT2D eigenvalue weighted by Crippen LogP contribution is 2.28. The van der Waals surface area contributed by atoms with Crippen LogP contribution in [-0.2, 0) is 5.75 Å². The van der Waals surface area contributed by atoms with Crippen molar-refractivity contribution < 1.29 is 9.47 Å². The minimum absolute atomic E-state index is 0.619. The van der Waals surface area contributed by atoms with Crippen LogP contribution in [0.2, 0.25) is 0 Å². The van der Waals surface area contributed by atoms with Crippen LogP contribution in [0.4, 0.5) is 0 Å². The number of thioether (sulfide) groups is 1. The molecule has 0 saturated heterocycles. The summed E-state index contributed by atoms with van der Waals surface area (Å²) >= 11 is 1.53. The molecule has 2 aromatic carbocycles. The Kier molecular flexibility index (Phi) is 6.01.